The fourth-order valence-corrected chi connectivity index (χ4v) is 5.09. The highest BCUT2D eigenvalue weighted by molar-refractivity contribution is 8.01. The van der Waals surface area contributed by atoms with Crippen LogP contribution in [0.2, 0.25) is 0 Å². The van der Waals surface area contributed by atoms with Crippen molar-refractivity contribution in [3.05, 3.63) is 53.8 Å². The van der Waals surface area contributed by atoms with Crippen LogP contribution in [0.15, 0.2) is 47.4 Å². The molecule has 1 saturated heterocycles. The first-order valence-corrected chi connectivity index (χ1v) is 11.4. The predicted octanol–water partition coefficient (Wildman–Crippen LogP) is 3.26. The molecule has 2 amide bonds. The number of fused-ring (bicyclic) bond motifs is 1. The molecular formula is C23H27FN4O2S. The number of piperazine rings is 1. The zero-order valence-corrected chi connectivity index (χ0v) is 18.5. The smallest absolute Gasteiger partial charge is 0.238 e. The number of hydrogen-bond acceptors (Lipinski definition) is 5. The highest BCUT2D eigenvalue weighted by atomic mass is 32.2. The summed E-state index contributed by atoms with van der Waals surface area (Å²) >= 11 is 1.40. The van der Waals surface area contributed by atoms with Gasteiger partial charge in [-0.3, -0.25) is 9.59 Å². The minimum Gasteiger partial charge on any atom is -0.369 e. The lowest BCUT2D eigenvalue weighted by molar-refractivity contribution is -0.124. The molecule has 0 aromatic heterocycles. The summed E-state index contributed by atoms with van der Waals surface area (Å²) in [5.41, 5.74) is 2.48. The lowest BCUT2D eigenvalue weighted by atomic mass is 10.0. The normalized spacial score (nSPS) is 20.0. The maximum Gasteiger partial charge on any atom is 0.238 e. The Morgan fingerprint density at radius 1 is 1.23 bits per heavy atom. The average molecular weight is 443 g/mol. The predicted molar refractivity (Wildman–Crippen MR) is 122 cm³/mol. The van der Waals surface area contributed by atoms with Crippen molar-refractivity contribution in [2.24, 2.45) is 0 Å². The van der Waals surface area contributed by atoms with E-state index in [0.29, 0.717) is 0 Å². The first-order valence-electron chi connectivity index (χ1n) is 10.5. The monoisotopic (exact) mass is 442 g/mol. The number of thioether (sulfide) groups is 1. The largest absolute Gasteiger partial charge is 0.369 e. The zero-order chi connectivity index (χ0) is 22.0. The molecule has 164 valence electrons. The van der Waals surface area contributed by atoms with Crippen molar-refractivity contribution in [2.75, 3.05) is 43.4 Å². The molecule has 4 rings (SSSR count). The van der Waals surface area contributed by atoms with Crippen LogP contribution in [0.4, 0.5) is 15.8 Å². The Labute approximate surface area is 186 Å². The van der Waals surface area contributed by atoms with E-state index in [-0.39, 0.29) is 30.1 Å². The number of nitrogens with one attached hydrogen (secondary N) is 2. The summed E-state index contributed by atoms with van der Waals surface area (Å²) in [6, 6.07) is 11.9. The molecule has 6 nitrogen and oxygen atoms in total. The molecule has 0 bridgehead atoms. The van der Waals surface area contributed by atoms with Gasteiger partial charge in [0.25, 0.3) is 0 Å². The van der Waals surface area contributed by atoms with Crippen molar-refractivity contribution in [2.45, 2.75) is 29.5 Å². The van der Waals surface area contributed by atoms with E-state index in [1.165, 1.54) is 23.9 Å². The van der Waals surface area contributed by atoms with Gasteiger partial charge in [-0.2, -0.15) is 0 Å². The lowest BCUT2D eigenvalue weighted by Crippen LogP contribution is -2.45. The van der Waals surface area contributed by atoms with E-state index >= 15 is 0 Å². The van der Waals surface area contributed by atoms with Gasteiger partial charge in [0.2, 0.25) is 11.8 Å². The van der Waals surface area contributed by atoms with Gasteiger partial charge in [0.1, 0.15) is 5.82 Å². The molecule has 1 fully saturated rings. The molecule has 2 unspecified atom stereocenters. The Bertz CT molecular complexity index is 978. The standard InChI is InChI=1S/C23H27FN4O2S/c1-15(17-13-16(24)7-8-19(17)28-11-9-27(2)10-12-28)25-22(29)14-21-23(30)26-18-5-3-4-6-20(18)31-21/h3-8,13,15,21H,9-12,14H2,1-2H3,(H,25,29)(H,26,30). The SMILES string of the molecule is CC(NC(=O)CC1Sc2ccccc2NC1=O)c1cc(F)ccc1N1CCN(C)CC1. The molecule has 0 aliphatic carbocycles. The Morgan fingerprint density at radius 2 is 1.97 bits per heavy atom. The number of likely N-dealkylation sites (N-methyl/N-ethyl adjacent to an activating group) is 1. The zero-order valence-electron chi connectivity index (χ0n) is 17.7. The van der Waals surface area contributed by atoms with Crippen LogP contribution in [0.1, 0.15) is 24.9 Å². The van der Waals surface area contributed by atoms with E-state index < -0.39 is 5.25 Å². The molecule has 31 heavy (non-hydrogen) atoms. The van der Waals surface area contributed by atoms with Gasteiger partial charge in [-0.15, -0.1) is 11.8 Å². The molecule has 2 aliphatic heterocycles. The van der Waals surface area contributed by atoms with Crippen LogP contribution in [0.3, 0.4) is 0 Å². The summed E-state index contributed by atoms with van der Waals surface area (Å²) < 4.78 is 14.0. The number of benzene rings is 2. The van der Waals surface area contributed by atoms with Gasteiger partial charge in [0, 0.05) is 48.7 Å². The highest BCUT2D eigenvalue weighted by Gasteiger charge is 2.29. The van der Waals surface area contributed by atoms with E-state index in [1.807, 2.05) is 31.2 Å². The molecule has 2 N–H and O–H groups in total. The Morgan fingerprint density at radius 3 is 2.74 bits per heavy atom. The molecule has 2 atom stereocenters. The van der Waals surface area contributed by atoms with Crippen LogP contribution < -0.4 is 15.5 Å². The van der Waals surface area contributed by atoms with E-state index in [4.69, 9.17) is 0 Å². The fourth-order valence-electron chi connectivity index (χ4n) is 3.98. The van der Waals surface area contributed by atoms with Crippen LogP contribution in [0.25, 0.3) is 0 Å². The van der Waals surface area contributed by atoms with Gasteiger partial charge < -0.3 is 20.4 Å². The van der Waals surface area contributed by atoms with Crippen molar-refractivity contribution >= 4 is 35.0 Å². The second-order valence-electron chi connectivity index (χ2n) is 8.08. The van der Waals surface area contributed by atoms with E-state index in [9.17, 15) is 14.0 Å². The summed E-state index contributed by atoms with van der Waals surface area (Å²) in [6.45, 7) is 5.44. The third kappa shape index (κ3) is 5.02. The van der Waals surface area contributed by atoms with E-state index in [0.717, 1.165) is 48.0 Å². The first kappa shape index (κ1) is 21.6. The van der Waals surface area contributed by atoms with Gasteiger partial charge in [0.15, 0.2) is 0 Å². The second-order valence-corrected chi connectivity index (χ2v) is 9.32. The maximum atomic E-state index is 14.0. The van der Waals surface area contributed by atoms with Gasteiger partial charge in [-0.25, -0.2) is 4.39 Å². The summed E-state index contributed by atoms with van der Waals surface area (Å²) in [5.74, 6) is -0.726. The maximum absolute atomic E-state index is 14.0. The number of carbonyl (C=O) groups is 2. The van der Waals surface area contributed by atoms with Gasteiger partial charge in [0.05, 0.1) is 17.0 Å². The topological polar surface area (TPSA) is 64.7 Å². The van der Waals surface area contributed by atoms with E-state index in [2.05, 4.69) is 27.5 Å². The summed E-state index contributed by atoms with van der Waals surface area (Å²) in [5, 5.41) is 5.34. The number of halogens is 1. The molecule has 0 saturated carbocycles. The van der Waals surface area contributed by atoms with Gasteiger partial charge in [-0.1, -0.05) is 12.1 Å². The van der Waals surface area contributed by atoms with Gasteiger partial charge in [-0.05, 0) is 44.3 Å². The minimum atomic E-state index is -0.494. The molecule has 2 aromatic rings. The van der Waals surface area contributed by atoms with Crippen molar-refractivity contribution < 1.29 is 14.0 Å². The molecule has 0 spiro atoms. The molecule has 8 heteroatoms. The van der Waals surface area contributed by atoms with Crippen molar-refractivity contribution in [1.29, 1.82) is 0 Å². The fraction of sp³-hybridized carbons (Fsp3) is 0.391. The van der Waals surface area contributed by atoms with Crippen LogP contribution in [-0.2, 0) is 9.59 Å². The molecule has 2 heterocycles. The lowest BCUT2D eigenvalue weighted by Gasteiger charge is -2.36. The van der Waals surface area contributed by atoms with Crippen LogP contribution in [0.5, 0.6) is 0 Å². The second kappa shape index (κ2) is 9.28. The minimum absolute atomic E-state index is 0.0638. The first-order chi connectivity index (χ1) is 14.9. The van der Waals surface area contributed by atoms with Gasteiger partial charge >= 0.3 is 0 Å². The van der Waals surface area contributed by atoms with Crippen LogP contribution >= 0.6 is 11.8 Å². The number of rotatable bonds is 5. The summed E-state index contributed by atoms with van der Waals surface area (Å²) in [7, 11) is 2.09. The number of nitrogens with zero attached hydrogens (tertiary/aromatic N) is 2. The Hall–Kier alpha value is -2.58. The third-order valence-corrected chi connectivity index (χ3v) is 7.03. The average Bonchev–Trinajstić information content (AvgIpc) is 2.75. The number of amides is 2. The van der Waals surface area contributed by atoms with Crippen LogP contribution in [-0.4, -0.2) is 55.2 Å². The van der Waals surface area contributed by atoms with Crippen molar-refractivity contribution in [3.63, 3.8) is 0 Å². The third-order valence-electron chi connectivity index (χ3n) is 5.75. The molecular weight excluding hydrogens is 415 g/mol. The number of anilines is 2. The number of hydrogen-bond donors (Lipinski definition) is 2. The highest BCUT2D eigenvalue weighted by Crippen LogP contribution is 2.36. The van der Waals surface area contributed by atoms with E-state index in [1.54, 1.807) is 6.07 Å². The quantitative estimate of drug-likeness (QED) is 0.744. The summed E-state index contributed by atoms with van der Waals surface area (Å²) in [6.07, 6.45) is 0.0638. The number of carbonyl (C=O) groups excluding carboxylic acids is 2. The van der Waals surface area contributed by atoms with Crippen molar-refractivity contribution in [1.82, 2.24) is 10.2 Å². The molecule has 0 radical (unpaired) electrons. The molecule has 2 aliphatic rings. The Kier molecular flexibility index (Phi) is 6.48. The Balaban J connectivity index is 1.43. The van der Waals surface area contributed by atoms with Crippen molar-refractivity contribution in [3.8, 4) is 0 Å². The molecule has 2 aromatic carbocycles. The summed E-state index contributed by atoms with van der Waals surface area (Å²) in [4.78, 5) is 30.6. The number of para-hydroxylation sites is 1. The van der Waals surface area contributed by atoms with Crippen LogP contribution in [0, 0.1) is 5.82 Å².